The zero-order valence-electron chi connectivity index (χ0n) is 16.8. The number of sulfonamides is 1. The van der Waals surface area contributed by atoms with E-state index in [1.54, 1.807) is 0 Å². The van der Waals surface area contributed by atoms with Crippen molar-refractivity contribution in [2.45, 2.75) is 63.8 Å². The summed E-state index contributed by atoms with van der Waals surface area (Å²) in [6, 6.07) is 3.60. The van der Waals surface area contributed by atoms with Gasteiger partial charge >= 0.3 is 0 Å². The third-order valence-electron chi connectivity index (χ3n) is 5.49. The molecule has 1 fully saturated rings. The molecule has 1 aliphatic rings. The van der Waals surface area contributed by atoms with Crippen molar-refractivity contribution >= 4 is 27.5 Å². The van der Waals surface area contributed by atoms with E-state index in [2.05, 4.69) is 20.8 Å². The van der Waals surface area contributed by atoms with E-state index in [-0.39, 0.29) is 40.9 Å². The maximum absolute atomic E-state index is 13.3. The lowest BCUT2D eigenvalue weighted by Crippen LogP contribution is -2.47. The number of piperidine rings is 1. The summed E-state index contributed by atoms with van der Waals surface area (Å²) in [6.07, 6.45) is 3.87. The summed E-state index contributed by atoms with van der Waals surface area (Å²) < 4.78 is 40.3. The maximum Gasteiger partial charge on any atom is 0.243 e. The van der Waals surface area contributed by atoms with Crippen LogP contribution in [0.1, 0.15) is 52.9 Å². The predicted octanol–water partition coefficient (Wildman–Crippen LogP) is 4.31. The summed E-state index contributed by atoms with van der Waals surface area (Å²) in [7, 11) is -3.75. The second-order valence-corrected chi connectivity index (χ2v) is 9.74. The maximum atomic E-state index is 13.3. The Morgan fingerprint density at radius 1 is 1.32 bits per heavy atom. The van der Waals surface area contributed by atoms with E-state index in [0.717, 1.165) is 37.9 Å². The third-order valence-corrected chi connectivity index (χ3v) is 7.67. The molecule has 1 saturated heterocycles. The Labute approximate surface area is 172 Å². The molecule has 28 heavy (non-hydrogen) atoms. The van der Waals surface area contributed by atoms with Gasteiger partial charge in [-0.05, 0) is 50.8 Å². The van der Waals surface area contributed by atoms with Crippen LogP contribution in [0.5, 0.6) is 0 Å². The Morgan fingerprint density at radius 3 is 2.50 bits per heavy atom. The molecule has 0 saturated carbocycles. The third kappa shape index (κ3) is 5.24. The van der Waals surface area contributed by atoms with Crippen molar-refractivity contribution in [1.29, 1.82) is 0 Å². The minimum atomic E-state index is -3.75. The van der Waals surface area contributed by atoms with E-state index in [0.29, 0.717) is 12.8 Å². The zero-order chi connectivity index (χ0) is 20.9. The lowest BCUT2D eigenvalue weighted by molar-refractivity contribution is -0.139. The molecular formula is C20H30ClFN2O3S. The Bertz CT molecular complexity index is 780. The van der Waals surface area contributed by atoms with Gasteiger partial charge in [-0.15, -0.1) is 0 Å². The fourth-order valence-corrected chi connectivity index (χ4v) is 5.20. The first-order valence-corrected chi connectivity index (χ1v) is 11.8. The quantitative estimate of drug-likeness (QED) is 0.615. The molecule has 0 aliphatic carbocycles. The Balaban J connectivity index is 2.06. The van der Waals surface area contributed by atoms with Gasteiger partial charge in [-0.2, -0.15) is 4.31 Å². The van der Waals surface area contributed by atoms with Crippen LogP contribution in [-0.2, 0) is 14.8 Å². The van der Waals surface area contributed by atoms with Gasteiger partial charge in [0.2, 0.25) is 15.9 Å². The number of hydrogen-bond donors (Lipinski definition) is 0. The van der Waals surface area contributed by atoms with E-state index >= 15 is 0 Å². The van der Waals surface area contributed by atoms with Crippen LogP contribution in [0.4, 0.5) is 4.39 Å². The number of carbonyl (C=O) groups is 1. The summed E-state index contributed by atoms with van der Waals surface area (Å²) in [5.74, 6) is -0.680. The van der Waals surface area contributed by atoms with Crippen LogP contribution in [0, 0.1) is 11.7 Å². The monoisotopic (exact) mass is 432 g/mol. The van der Waals surface area contributed by atoms with Gasteiger partial charge in [0, 0.05) is 31.6 Å². The van der Waals surface area contributed by atoms with Crippen LogP contribution in [0.25, 0.3) is 0 Å². The zero-order valence-corrected chi connectivity index (χ0v) is 18.4. The SMILES string of the molecule is CCCCN(C(=O)C1CCN(S(=O)(=O)c2ccc(F)c(Cl)c2)CC1)C(C)CC. The second-order valence-electron chi connectivity index (χ2n) is 7.40. The predicted molar refractivity (Wildman–Crippen MR) is 109 cm³/mol. The average molecular weight is 433 g/mol. The number of amides is 1. The molecule has 0 N–H and O–H groups in total. The van der Waals surface area contributed by atoms with Crippen molar-refractivity contribution in [2.24, 2.45) is 5.92 Å². The summed E-state index contributed by atoms with van der Waals surface area (Å²) >= 11 is 5.74. The lowest BCUT2D eigenvalue weighted by atomic mass is 9.95. The van der Waals surface area contributed by atoms with Crippen LogP contribution in [0.15, 0.2) is 23.1 Å². The molecule has 158 valence electrons. The molecule has 0 spiro atoms. The molecule has 1 atom stereocenters. The molecule has 8 heteroatoms. The molecule has 1 amide bonds. The molecule has 1 aromatic rings. The molecule has 0 radical (unpaired) electrons. The topological polar surface area (TPSA) is 57.7 Å². The number of hydrogen-bond acceptors (Lipinski definition) is 3. The number of carbonyl (C=O) groups excluding carboxylic acids is 1. The molecule has 1 heterocycles. The van der Waals surface area contributed by atoms with Gasteiger partial charge in [0.25, 0.3) is 0 Å². The number of halogens is 2. The number of benzene rings is 1. The first-order valence-electron chi connectivity index (χ1n) is 9.98. The van der Waals surface area contributed by atoms with Gasteiger partial charge in [0.15, 0.2) is 0 Å². The van der Waals surface area contributed by atoms with Crippen molar-refractivity contribution < 1.29 is 17.6 Å². The van der Waals surface area contributed by atoms with E-state index in [1.807, 2.05) is 4.90 Å². The van der Waals surface area contributed by atoms with Crippen LogP contribution < -0.4 is 0 Å². The number of rotatable bonds is 8. The Morgan fingerprint density at radius 2 is 1.96 bits per heavy atom. The van der Waals surface area contributed by atoms with Gasteiger partial charge < -0.3 is 4.90 Å². The fraction of sp³-hybridized carbons (Fsp3) is 0.650. The van der Waals surface area contributed by atoms with Gasteiger partial charge in [0.05, 0.1) is 9.92 Å². The van der Waals surface area contributed by atoms with Crippen LogP contribution in [0.2, 0.25) is 5.02 Å². The lowest BCUT2D eigenvalue weighted by Gasteiger charge is -2.36. The van der Waals surface area contributed by atoms with Crippen LogP contribution >= 0.6 is 11.6 Å². The molecule has 1 unspecified atom stereocenters. The summed E-state index contributed by atoms with van der Waals surface area (Å²) in [4.78, 5) is 14.9. The standard InChI is InChI=1S/C20H30ClFN2O3S/c1-4-6-11-24(15(3)5-2)20(25)16-9-12-23(13-10-16)28(26,27)17-7-8-19(22)18(21)14-17/h7-8,14-16H,4-6,9-13H2,1-3H3. The molecule has 1 aliphatic heterocycles. The summed E-state index contributed by atoms with van der Waals surface area (Å²) in [5.41, 5.74) is 0. The van der Waals surface area contributed by atoms with Gasteiger partial charge in [-0.3, -0.25) is 4.79 Å². The fourth-order valence-electron chi connectivity index (χ4n) is 3.46. The minimum Gasteiger partial charge on any atom is -0.340 e. The van der Waals surface area contributed by atoms with E-state index in [9.17, 15) is 17.6 Å². The normalized spacial score (nSPS) is 17.5. The summed E-state index contributed by atoms with van der Waals surface area (Å²) in [5, 5.41) is -0.216. The first kappa shape index (κ1) is 23.1. The number of nitrogens with zero attached hydrogens (tertiary/aromatic N) is 2. The van der Waals surface area contributed by atoms with Crippen LogP contribution in [-0.4, -0.2) is 49.2 Å². The molecule has 2 rings (SSSR count). The van der Waals surface area contributed by atoms with Gasteiger partial charge in [-0.25, -0.2) is 12.8 Å². The Kier molecular flexibility index (Phi) is 8.28. The highest BCUT2D eigenvalue weighted by Gasteiger charge is 2.34. The second kappa shape index (κ2) is 10.0. The summed E-state index contributed by atoms with van der Waals surface area (Å²) in [6.45, 7) is 7.53. The van der Waals surface area contributed by atoms with Crippen molar-refractivity contribution in [2.75, 3.05) is 19.6 Å². The van der Waals surface area contributed by atoms with Crippen LogP contribution in [0.3, 0.4) is 0 Å². The molecule has 0 bridgehead atoms. The highest BCUT2D eigenvalue weighted by molar-refractivity contribution is 7.89. The smallest absolute Gasteiger partial charge is 0.243 e. The van der Waals surface area contributed by atoms with E-state index < -0.39 is 15.8 Å². The van der Waals surface area contributed by atoms with E-state index in [1.165, 1.54) is 10.4 Å². The average Bonchev–Trinajstić information content (AvgIpc) is 2.69. The molecule has 1 aromatic carbocycles. The highest BCUT2D eigenvalue weighted by atomic mass is 35.5. The first-order chi connectivity index (χ1) is 13.2. The van der Waals surface area contributed by atoms with Crippen molar-refractivity contribution in [3.05, 3.63) is 29.0 Å². The van der Waals surface area contributed by atoms with Crippen molar-refractivity contribution in [3.63, 3.8) is 0 Å². The van der Waals surface area contributed by atoms with Gasteiger partial charge in [0.1, 0.15) is 5.82 Å². The highest BCUT2D eigenvalue weighted by Crippen LogP contribution is 2.28. The van der Waals surface area contributed by atoms with Crippen molar-refractivity contribution in [3.8, 4) is 0 Å². The molecule has 0 aromatic heterocycles. The van der Waals surface area contributed by atoms with Crippen molar-refractivity contribution in [1.82, 2.24) is 9.21 Å². The molecular weight excluding hydrogens is 403 g/mol. The Hall–Kier alpha value is -1.18. The van der Waals surface area contributed by atoms with Gasteiger partial charge in [-0.1, -0.05) is 31.9 Å². The minimum absolute atomic E-state index is 0.0205. The number of unbranched alkanes of at least 4 members (excludes halogenated alkanes) is 1. The largest absolute Gasteiger partial charge is 0.340 e. The molecule has 5 nitrogen and oxygen atoms in total. The van der Waals surface area contributed by atoms with E-state index in [4.69, 9.17) is 11.6 Å².